The van der Waals surface area contributed by atoms with Crippen LogP contribution in [0.1, 0.15) is 42.5 Å². The van der Waals surface area contributed by atoms with E-state index in [1.807, 2.05) is 30.3 Å². The summed E-state index contributed by atoms with van der Waals surface area (Å²) < 4.78 is 7.17. The zero-order chi connectivity index (χ0) is 19.9. The number of hydrogen-bond donors (Lipinski definition) is 0. The molecule has 1 heterocycles. The van der Waals surface area contributed by atoms with E-state index in [0.717, 1.165) is 34.4 Å². The Morgan fingerprint density at radius 2 is 1.79 bits per heavy atom. The number of carbonyl (C=O) groups is 1. The summed E-state index contributed by atoms with van der Waals surface area (Å²) in [4.78, 5) is 11.8. The van der Waals surface area contributed by atoms with E-state index in [2.05, 4.69) is 40.7 Å². The Morgan fingerprint density at radius 3 is 2.43 bits per heavy atom. The fraction of sp³-hybridized carbons (Fsp3) is 0.318. The van der Waals surface area contributed by atoms with Gasteiger partial charge in [0.1, 0.15) is 5.82 Å². The molecule has 0 fully saturated rings. The molecule has 0 radical (unpaired) electrons. The van der Waals surface area contributed by atoms with Crippen LogP contribution in [-0.2, 0) is 16.9 Å². The number of ether oxygens (including phenoxy) is 1. The molecule has 0 aliphatic carbocycles. The Bertz CT molecular complexity index is 905. The van der Waals surface area contributed by atoms with Gasteiger partial charge in [-0.2, -0.15) is 0 Å². The molecule has 3 rings (SSSR count). The first-order valence-corrected chi connectivity index (χ1v) is 10.5. The van der Waals surface area contributed by atoms with Crippen LogP contribution in [0.2, 0.25) is 0 Å². The van der Waals surface area contributed by atoms with E-state index in [-0.39, 0.29) is 5.97 Å². The van der Waals surface area contributed by atoms with Gasteiger partial charge in [0.25, 0.3) is 0 Å². The summed E-state index contributed by atoms with van der Waals surface area (Å²) in [6.07, 6.45) is 0.872. The number of benzene rings is 2. The van der Waals surface area contributed by atoms with Crippen molar-refractivity contribution >= 4 is 17.7 Å². The SMILES string of the molecule is CCOC(=O)c1ccc(CSc2nnc(CC(C)C)n2-c2ccccc2)cc1. The van der Waals surface area contributed by atoms with Crippen LogP contribution in [0.4, 0.5) is 0 Å². The molecule has 0 bridgehead atoms. The fourth-order valence-electron chi connectivity index (χ4n) is 2.83. The van der Waals surface area contributed by atoms with E-state index in [4.69, 9.17) is 4.74 Å². The molecule has 0 aliphatic heterocycles. The minimum Gasteiger partial charge on any atom is -0.462 e. The highest BCUT2D eigenvalue weighted by atomic mass is 32.2. The average Bonchev–Trinajstić information content (AvgIpc) is 3.09. The number of thioether (sulfide) groups is 1. The van der Waals surface area contributed by atoms with Gasteiger partial charge in [-0.05, 0) is 42.7 Å². The zero-order valence-electron chi connectivity index (χ0n) is 16.5. The van der Waals surface area contributed by atoms with Crippen LogP contribution < -0.4 is 0 Å². The third-order valence-corrected chi connectivity index (χ3v) is 5.14. The Kier molecular flexibility index (Phi) is 6.87. The van der Waals surface area contributed by atoms with Gasteiger partial charge >= 0.3 is 5.97 Å². The smallest absolute Gasteiger partial charge is 0.338 e. The van der Waals surface area contributed by atoms with Crippen LogP contribution in [0.25, 0.3) is 5.69 Å². The predicted octanol–water partition coefficient (Wildman–Crippen LogP) is 4.93. The van der Waals surface area contributed by atoms with Crippen molar-refractivity contribution < 1.29 is 9.53 Å². The third-order valence-electron chi connectivity index (χ3n) is 4.14. The van der Waals surface area contributed by atoms with Crippen molar-refractivity contribution in [3.63, 3.8) is 0 Å². The molecule has 0 spiro atoms. The maximum absolute atomic E-state index is 11.8. The number of carbonyl (C=O) groups excluding carboxylic acids is 1. The van der Waals surface area contributed by atoms with E-state index in [0.29, 0.717) is 18.1 Å². The molecule has 28 heavy (non-hydrogen) atoms. The summed E-state index contributed by atoms with van der Waals surface area (Å²) in [5.41, 5.74) is 2.76. The van der Waals surface area contributed by atoms with E-state index >= 15 is 0 Å². The Balaban J connectivity index is 1.77. The second-order valence-electron chi connectivity index (χ2n) is 6.87. The fourth-order valence-corrected chi connectivity index (χ4v) is 3.75. The van der Waals surface area contributed by atoms with Crippen LogP contribution in [0.5, 0.6) is 0 Å². The van der Waals surface area contributed by atoms with Crippen molar-refractivity contribution in [3.8, 4) is 5.69 Å². The number of para-hydroxylation sites is 1. The molecule has 146 valence electrons. The number of rotatable bonds is 8. The lowest BCUT2D eigenvalue weighted by atomic mass is 10.1. The molecule has 0 atom stereocenters. The van der Waals surface area contributed by atoms with Crippen LogP contribution in [0.15, 0.2) is 59.8 Å². The van der Waals surface area contributed by atoms with Crippen LogP contribution in [-0.4, -0.2) is 27.3 Å². The van der Waals surface area contributed by atoms with Crippen LogP contribution in [0, 0.1) is 5.92 Å². The van der Waals surface area contributed by atoms with E-state index in [9.17, 15) is 4.79 Å². The van der Waals surface area contributed by atoms with E-state index < -0.39 is 0 Å². The molecule has 5 nitrogen and oxygen atoms in total. The predicted molar refractivity (Wildman–Crippen MR) is 112 cm³/mol. The molecular formula is C22H25N3O2S. The molecule has 0 amide bonds. The van der Waals surface area contributed by atoms with Gasteiger partial charge in [0, 0.05) is 17.9 Å². The summed E-state index contributed by atoms with van der Waals surface area (Å²) in [6.45, 7) is 6.55. The third kappa shape index (κ3) is 5.01. The maximum atomic E-state index is 11.8. The molecule has 6 heteroatoms. The quantitative estimate of drug-likeness (QED) is 0.400. The van der Waals surface area contributed by atoms with Gasteiger partial charge in [-0.3, -0.25) is 4.57 Å². The number of hydrogen-bond acceptors (Lipinski definition) is 5. The highest BCUT2D eigenvalue weighted by Crippen LogP contribution is 2.26. The molecule has 2 aromatic carbocycles. The van der Waals surface area contributed by atoms with Crippen molar-refractivity contribution in [2.75, 3.05) is 6.61 Å². The van der Waals surface area contributed by atoms with Crippen molar-refractivity contribution in [3.05, 3.63) is 71.5 Å². The first-order chi connectivity index (χ1) is 13.6. The first-order valence-electron chi connectivity index (χ1n) is 9.47. The van der Waals surface area contributed by atoms with Gasteiger partial charge in [0.2, 0.25) is 0 Å². The molecule has 0 saturated heterocycles. The van der Waals surface area contributed by atoms with Crippen LogP contribution in [0.3, 0.4) is 0 Å². The van der Waals surface area contributed by atoms with Gasteiger partial charge < -0.3 is 4.74 Å². The summed E-state index contributed by atoms with van der Waals surface area (Å²) in [6, 6.07) is 17.7. The lowest BCUT2D eigenvalue weighted by molar-refractivity contribution is 0.0526. The molecular weight excluding hydrogens is 370 g/mol. The zero-order valence-corrected chi connectivity index (χ0v) is 17.3. The summed E-state index contributed by atoms with van der Waals surface area (Å²) in [5, 5.41) is 9.74. The Hall–Kier alpha value is -2.60. The Labute approximate surface area is 170 Å². The summed E-state index contributed by atoms with van der Waals surface area (Å²) in [5.74, 6) is 1.93. The molecule has 0 aliphatic rings. The standard InChI is InChI=1S/C22H25N3O2S/c1-4-27-21(26)18-12-10-17(11-13-18)15-28-22-24-23-20(14-16(2)3)25(22)19-8-6-5-7-9-19/h5-13,16H,4,14-15H2,1-3H3. The number of aromatic nitrogens is 3. The van der Waals surface area contributed by atoms with Crippen molar-refractivity contribution in [2.24, 2.45) is 5.92 Å². The van der Waals surface area contributed by atoms with Gasteiger partial charge in [0.05, 0.1) is 12.2 Å². The lowest BCUT2D eigenvalue weighted by Crippen LogP contribution is -2.06. The number of nitrogens with zero attached hydrogens (tertiary/aromatic N) is 3. The summed E-state index contributed by atoms with van der Waals surface area (Å²) in [7, 11) is 0. The van der Waals surface area contributed by atoms with Gasteiger partial charge in [-0.1, -0.05) is 55.9 Å². The molecule has 0 unspecified atom stereocenters. The highest BCUT2D eigenvalue weighted by molar-refractivity contribution is 7.98. The molecule has 0 saturated carbocycles. The van der Waals surface area contributed by atoms with Gasteiger partial charge in [-0.25, -0.2) is 4.79 Å². The van der Waals surface area contributed by atoms with Crippen molar-refractivity contribution in [1.29, 1.82) is 0 Å². The molecule has 3 aromatic rings. The van der Waals surface area contributed by atoms with E-state index in [1.165, 1.54) is 0 Å². The average molecular weight is 396 g/mol. The first kappa shape index (κ1) is 20.1. The van der Waals surface area contributed by atoms with Crippen molar-refractivity contribution in [2.45, 2.75) is 38.1 Å². The number of esters is 1. The normalized spacial score (nSPS) is 11.0. The van der Waals surface area contributed by atoms with Crippen LogP contribution >= 0.6 is 11.8 Å². The topological polar surface area (TPSA) is 57.0 Å². The lowest BCUT2D eigenvalue weighted by Gasteiger charge is -2.11. The molecule has 1 aromatic heterocycles. The largest absolute Gasteiger partial charge is 0.462 e. The van der Waals surface area contributed by atoms with Gasteiger partial charge in [-0.15, -0.1) is 10.2 Å². The summed E-state index contributed by atoms with van der Waals surface area (Å²) >= 11 is 1.64. The highest BCUT2D eigenvalue weighted by Gasteiger charge is 2.15. The van der Waals surface area contributed by atoms with Crippen molar-refractivity contribution in [1.82, 2.24) is 14.8 Å². The second-order valence-corrected chi connectivity index (χ2v) is 7.82. The maximum Gasteiger partial charge on any atom is 0.338 e. The second kappa shape index (κ2) is 9.55. The van der Waals surface area contributed by atoms with E-state index in [1.54, 1.807) is 30.8 Å². The Morgan fingerprint density at radius 1 is 1.07 bits per heavy atom. The monoisotopic (exact) mass is 395 g/mol. The van der Waals surface area contributed by atoms with Gasteiger partial charge in [0.15, 0.2) is 5.16 Å². The molecule has 0 N–H and O–H groups in total. The minimum atomic E-state index is -0.288. The minimum absolute atomic E-state index is 0.288.